The molecular weight excluding hydrogens is 545 g/mol. The van der Waals surface area contributed by atoms with Gasteiger partial charge in [-0.3, -0.25) is 9.89 Å². The normalized spacial score (nSPS) is 26.5. The minimum Gasteiger partial charge on any atom is -0.478 e. The molecule has 3 aliphatic rings. The molecule has 2 aromatic rings. The molecule has 1 unspecified atom stereocenters. The highest BCUT2D eigenvalue weighted by Gasteiger charge is 2.42. The fourth-order valence-corrected chi connectivity index (χ4v) is 6.85. The lowest BCUT2D eigenvalue weighted by Crippen LogP contribution is -2.61. The number of amidine groups is 1. The van der Waals surface area contributed by atoms with Crippen LogP contribution in [0.1, 0.15) is 29.5 Å². The van der Waals surface area contributed by atoms with Gasteiger partial charge in [0, 0.05) is 52.5 Å². The summed E-state index contributed by atoms with van der Waals surface area (Å²) in [6.07, 6.45) is 3.82. The highest BCUT2D eigenvalue weighted by atomic mass is 35.5. The van der Waals surface area contributed by atoms with Crippen LogP contribution in [-0.2, 0) is 19.6 Å². The number of piperidine rings is 1. The second-order valence-electron chi connectivity index (χ2n) is 9.28. The number of sulfonamides is 1. The molecule has 0 amide bonds. The lowest BCUT2D eigenvalue weighted by atomic mass is 9.89. The fraction of sp³-hybridized carbons (Fsp3) is 0.435. The standard InChI is InChI=1S/C23H25ClFN5O5S2/c1-37(33,34)29-13-7-14-10-35-11-15(8-13)30(14)9-18-19(23(31)32)20(16-3-2-12(25)6-17(16)24)28-21(27-18)22-26-4-5-36-22/h2-6,13-15,20,29H,7-11H2,1H3,(H,27,28)(H,31,32)/t13?,14-,15+,20-/m0/s1. The summed E-state index contributed by atoms with van der Waals surface area (Å²) in [5.41, 5.74) is 0.793. The number of nitrogens with one attached hydrogen (secondary N) is 2. The van der Waals surface area contributed by atoms with Gasteiger partial charge in [0.15, 0.2) is 10.8 Å². The van der Waals surface area contributed by atoms with Crippen LogP contribution in [0.25, 0.3) is 0 Å². The van der Waals surface area contributed by atoms with Crippen molar-refractivity contribution in [3.63, 3.8) is 0 Å². The van der Waals surface area contributed by atoms with Crippen LogP contribution >= 0.6 is 22.9 Å². The average Bonchev–Trinajstić information content (AvgIpc) is 3.33. The first-order valence-electron chi connectivity index (χ1n) is 11.6. The van der Waals surface area contributed by atoms with Crippen molar-refractivity contribution in [2.45, 2.75) is 37.0 Å². The van der Waals surface area contributed by atoms with E-state index in [9.17, 15) is 22.7 Å². The van der Waals surface area contributed by atoms with E-state index in [1.165, 1.54) is 23.5 Å². The van der Waals surface area contributed by atoms with Crippen LogP contribution in [0.3, 0.4) is 0 Å². The van der Waals surface area contributed by atoms with E-state index in [4.69, 9.17) is 16.3 Å². The number of carbonyl (C=O) groups is 1. The first-order chi connectivity index (χ1) is 17.6. The van der Waals surface area contributed by atoms with E-state index in [2.05, 4.69) is 24.9 Å². The zero-order chi connectivity index (χ0) is 26.3. The first-order valence-corrected chi connectivity index (χ1v) is 14.7. The first kappa shape index (κ1) is 26.2. The predicted octanol–water partition coefficient (Wildman–Crippen LogP) is 2.15. The zero-order valence-electron chi connectivity index (χ0n) is 19.7. The maximum atomic E-state index is 13.8. The van der Waals surface area contributed by atoms with Crippen LogP contribution in [0.2, 0.25) is 5.02 Å². The molecule has 0 saturated carbocycles. The topological polar surface area (TPSA) is 133 Å². The molecule has 2 fully saturated rings. The summed E-state index contributed by atoms with van der Waals surface area (Å²) in [5.74, 6) is -1.31. The van der Waals surface area contributed by atoms with E-state index >= 15 is 0 Å². The Kier molecular flexibility index (Phi) is 7.35. The summed E-state index contributed by atoms with van der Waals surface area (Å²) in [6.45, 7) is 1.04. The maximum Gasteiger partial charge on any atom is 0.335 e. The number of aliphatic imine (C=N–C) groups is 1. The van der Waals surface area contributed by atoms with Crippen molar-refractivity contribution >= 4 is 44.8 Å². The van der Waals surface area contributed by atoms with Crippen molar-refractivity contribution in [2.24, 2.45) is 4.99 Å². The summed E-state index contributed by atoms with van der Waals surface area (Å²) in [5, 5.41) is 15.9. The number of ether oxygens (including phenoxy) is 1. The van der Waals surface area contributed by atoms with Crippen LogP contribution in [0, 0.1) is 5.82 Å². The number of rotatable bonds is 7. The summed E-state index contributed by atoms with van der Waals surface area (Å²) in [4.78, 5) is 23.7. The Bertz CT molecular complexity index is 1350. The molecule has 5 rings (SSSR count). The Labute approximate surface area is 222 Å². The maximum absolute atomic E-state index is 13.8. The van der Waals surface area contributed by atoms with Gasteiger partial charge in [0.05, 0.1) is 25.0 Å². The highest BCUT2D eigenvalue weighted by Crippen LogP contribution is 2.37. The number of carboxylic acid groups (broad SMARTS) is 1. The van der Waals surface area contributed by atoms with Gasteiger partial charge in [-0.2, -0.15) is 0 Å². The minimum atomic E-state index is -3.37. The number of benzene rings is 1. The van der Waals surface area contributed by atoms with E-state index in [0.717, 1.165) is 12.3 Å². The summed E-state index contributed by atoms with van der Waals surface area (Å²) in [7, 11) is -3.37. The van der Waals surface area contributed by atoms with Crippen LogP contribution in [0.15, 0.2) is 46.0 Å². The van der Waals surface area contributed by atoms with Gasteiger partial charge in [-0.15, -0.1) is 11.3 Å². The molecule has 1 aromatic heterocycles. The molecule has 4 atom stereocenters. The van der Waals surface area contributed by atoms with Gasteiger partial charge in [-0.1, -0.05) is 17.7 Å². The number of fused-ring (bicyclic) bond motifs is 2. The van der Waals surface area contributed by atoms with Gasteiger partial charge in [-0.25, -0.2) is 27.3 Å². The zero-order valence-corrected chi connectivity index (χ0v) is 22.1. The Hall–Kier alpha value is -2.42. The largest absolute Gasteiger partial charge is 0.478 e. The van der Waals surface area contributed by atoms with Gasteiger partial charge in [0.2, 0.25) is 10.0 Å². The number of carboxylic acids is 1. The molecule has 0 aliphatic carbocycles. The Balaban J connectivity index is 1.52. The van der Waals surface area contributed by atoms with Crippen LogP contribution < -0.4 is 10.0 Å². The monoisotopic (exact) mass is 569 g/mol. The third-order valence-corrected chi connectivity index (χ3v) is 8.51. The van der Waals surface area contributed by atoms with Gasteiger partial charge >= 0.3 is 5.97 Å². The van der Waals surface area contributed by atoms with E-state index in [-0.39, 0.29) is 35.3 Å². The van der Waals surface area contributed by atoms with Crippen molar-refractivity contribution in [1.29, 1.82) is 0 Å². The molecule has 14 heteroatoms. The predicted molar refractivity (Wildman–Crippen MR) is 137 cm³/mol. The molecule has 3 N–H and O–H groups in total. The van der Waals surface area contributed by atoms with E-state index < -0.39 is 27.9 Å². The number of aromatic nitrogens is 1. The number of hydrogen-bond acceptors (Lipinski definition) is 9. The molecule has 2 saturated heterocycles. The van der Waals surface area contributed by atoms with Crippen LogP contribution in [0.4, 0.5) is 4.39 Å². The van der Waals surface area contributed by atoms with E-state index in [0.29, 0.717) is 48.2 Å². The fourth-order valence-electron chi connectivity index (χ4n) is 5.20. The molecule has 1 aromatic carbocycles. The average molecular weight is 570 g/mol. The molecular formula is C23H25ClFN5O5S2. The smallest absolute Gasteiger partial charge is 0.335 e. The third kappa shape index (κ3) is 5.71. The number of morpholine rings is 1. The van der Waals surface area contributed by atoms with Gasteiger partial charge < -0.3 is 15.2 Å². The number of nitrogens with zero attached hydrogens (tertiary/aromatic N) is 3. The SMILES string of the molecule is CS(=O)(=O)NC1C[C@H]2COC[C@@H](C1)N2CC1=C(C(=O)O)[C@H](c2ccc(F)cc2Cl)N=C(c2nccs2)N1. The van der Waals surface area contributed by atoms with Crippen LogP contribution in [0.5, 0.6) is 0 Å². The van der Waals surface area contributed by atoms with Gasteiger partial charge in [0.1, 0.15) is 11.9 Å². The van der Waals surface area contributed by atoms with Crippen molar-refractivity contribution in [3.8, 4) is 0 Å². The van der Waals surface area contributed by atoms with Gasteiger partial charge in [-0.05, 0) is 25.0 Å². The lowest BCUT2D eigenvalue weighted by molar-refractivity contribution is -0.133. The molecule has 4 heterocycles. The Morgan fingerprint density at radius 1 is 1.35 bits per heavy atom. The molecule has 37 heavy (non-hydrogen) atoms. The molecule has 2 bridgehead atoms. The Morgan fingerprint density at radius 2 is 2.08 bits per heavy atom. The van der Waals surface area contributed by atoms with Crippen molar-refractivity contribution in [1.82, 2.24) is 19.9 Å². The van der Waals surface area contributed by atoms with Crippen molar-refractivity contribution < 1.29 is 27.4 Å². The van der Waals surface area contributed by atoms with E-state index in [1.807, 2.05) is 0 Å². The number of aliphatic carboxylic acids is 1. The molecule has 198 valence electrons. The second kappa shape index (κ2) is 10.4. The summed E-state index contributed by atoms with van der Waals surface area (Å²) < 4.78 is 45.9. The molecule has 0 radical (unpaired) electrons. The van der Waals surface area contributed by atoms with Crippen molar-refractivity contribution in [2.75, 3.05) is 26.0 Å². The van der Waals surface area contributed by atoms with Gasteiger partial charge in [0.25, 0.3) is 0 Å². The van der Waals surface area contributed by atoms with E-state index in [1.54, 1.807) is 11.6 Å². The lowest BCUT2D eigenvalue weighted by Gasteiger charge is -2.49. The number of thiazole rings is 1. The van der Waals surface area contributed by atoms with Crippen molar-refractivity contribution in [3.05, 3.63) is 62.5 Å². The number of halogens is 2. The second-order valence-corrected chi connectivity index (χ2v) is 12.4. The minimum absolute atomic E-state index is 0.00388. The highest BCUT2D eigenvalue weighted by molar-refractivity contribution is 7.88. The van der Waals surface area contributed by atoms with Crippen LogP contribution in [-0.4, -0.2) is 79.4 Å². The summed E-state index contributed by atoms with van der Waals surface area (Å²) >= 11 is 7.70. The number of hydrogen-bond donors (Lipinski definition) is 3. The third-order valence-electron chi connectivity index (χ3n) is 6.64. The molecule has 10 nitrogen and oxygen atoms in total. The quantitative estimate of drug-likeness (QED) is 0.462. The Morgan fingerprint density at radius 3 is 2.68 bits per heavy atom. The molecule has 3 aliphatic heterocycles. The summed E-state index contributed by atoms with van der Waals surface area (Å²) in [6, 6.07) is 2.36. The molecule has 0 spiro atoms.